The molecule has 2 rings (SSSR count). The summed E-state index contributed by atoms with van der Waals surface area (Å²) in [6.07, 6.45) is 7.99. The van der Waals surface area contributed by atoms with Gasteiger partial charge in [-0.25, -0.2) is 4.79 Å². The van der Waals surface area contributed by atoms with Crippen molar-refractivity contribution in [2.45, 2.75) is 32.1 Å². The van der Waals surface area contributed by atoms with E-state index in [9.17, 15) is 4.79 Å². The van der Waals surface area contributed by atoms with Crippen LogP contribution in [0.15, 0.2) is 17.5 Å². The highest BCUT2D eigenvalue weighted by Crippen LogP contribution is 2.31. The van der Waals surface area contributed by atoms with E-state index in [1.807, 2.05) is 11.4 Å². The molecule has 1 aliphatic rings. The number of hydrogen-bond donors (Lipinski definition) is 1. The van der Waals surface area contributed by atoms with Crippen LogP contribution < -0.4 is 0 Å². The minimum Gasteiger partial charge on any atom is -0.477 e. The largest absolute Gasteiger partial charge is 0.477 e. The second kappa shape index (κ2) is 4.62. The van der Waals surface area contributed by atoms with Crippen molar-refractivity contribution in [2.75, 3.05) is 0 Å². The molecule has 1 N–H and O–H groups in total. The lowest BCUT2D eigenvalue weighted by atomic mass is 10.0. The quantitative estimate of drug-likeness (QED) is 0.826. The molecular weight excluding hydrogens is 208 g/mol. The third kappa shape index (κ3) is 2.29. The predicted octanol–water partition coefficient (Wildman–Crippen LogP) is 3.79. The van der Waals surface area contributed by atoms with Gasteiger partial charge in [-0.15, -0.1) is 11.3 Å². The van der Waals surface area contributed by atoms with E-state index in [2.05, 4.69) is 6.08 Å². The Morgan fingerprint density at radius 1 is 1.33 bits per heavy atom. The van der Waals surface area contributed by atoms with Crippen molar-refractivity contribution >= 4 is 22.9 Å². The maximum Gasteiger partial charge on any atom is 0.346 e. The van der Waals surface area contributed by atoms with Crippen LogP contribution in [0.4, 0.5) is 0 Å². The van der Waals surface area contributed by atoms with E-state index < -0.39 is 5.97 Å². The van der Waals surface area contributed by atoms with Gasteiger partial charge in [0.15, 0.2) is 0 Å². The van der Waals surface area contributed by atoms with Crippen LogP contribution in [0.25, 0.3) is 5.57 Å². The van der Waals surface area contributed by atoms with Gasteiger partial charge in [0.05, 0.1) is 0 Å². The number of aromatic carboxylic acids is 1. The monoisotopic (exact) mass is 222 g/mol. The summed E-state index contributed by atoms with van der Waals surface area (Å²) in [4.78, 5) is 11.5. The van der Waals surface area contributed by atoms with E-state index >= 15 is 0 Å². The molecule has 1 aliphatic carbocycles. The van der Waals surface area contributed by atoms with Crippen molar-refractivity contribution in [1.29, 1.82) is 0 Å². The molecule has 1 aromatic rings. The zero-order valence-corrected chi connectivity index (χ0v) is 9.35. The summed E-state index contributed by atoms with van der Waals surface area (Å²) in [5.41, 5.74) is 2.17. The minimum absolute atomic E-state index is 0.489. The average molecular weight is 222 g/mol. The first-order chi connectivity index (χ1) is 7.29. The molecule has 0 atom stereocenters. The lowest BCUT2D eigenvalue weighted by Gasteiger charge is -2.04. The topological polar surface area (TPSA) is 37.3 Å². The van der Waals surface area contributed by atoms with Gasteiger partial charge in [-0.05, 0) is 42.7 Å². The Hall–Kier alpha value is -1.09. The summed E-state index contributed by atoms with van der Waals surface area (Å²) in [6.45, 7) is 0. The molecule has 0 bridgehead atoms. The second-order valence-corrected chi connectivity index (χ2v) is 4.71. The molecular formula is C12H14O2S. The molecule has 3 heteroatoms. The van der Waals surface area contributed by atoms with Gasteiger partial charge in [0.25, 0.3) is 0 Å². The van der Waals surface area contributed by atoms with Gasteiger partial charge in [-0.2, -0.15) is 0 Å². The molecule has 1 heterocycles. The number of carboxylic acids is 1. The SMILES string of the molecule is O=C(O)c1sccc1C1=CCCCCC1. The molecule has 0 saturated heterocycles. The number of carboxylic acid groups (broad SMARTS) is 1. The van der Waals surface area contributed by atoms with Crippen LogP contribution in [0.5, 0.6) is 0 Å². The summed E-state index contributed by atoms with van der Waals surface area (Å²) in [5.74, 6) is -0.801. The maximum atomic E-state index is 11.0. The smallest absolute Gasteiger partial charge is 0.346 e. The number of rotatable bonds is 2. The van der Waals surface area contributed by atoms with Gasteiger partial charge in [0.1, 0.15) is 4.88 Å². The van der Waals surface area contributed by atoms with Gasteiger partial charge in [-0.3, -0.25) is 0 Å². The van der Waals surface area contributed by atoms with Crippen LogP contribution in [0.3, 0.4) is 0 Å². The summed E-state index contributed by atoms with van der Waals surface area (Å²) in [7, 11) is 0. The lowest BCUT2D eigenvalue weighted by molar-refractivity contribution is 0.0702. The fourth-order valence-electron chi connectivity index (χ4n) is 1.99. The lowest BCUT2D eigenvalue weighted by Crippen LogP contribution is -1.97. The molecule has 80 valence electrons. The normalized spacial score (nSPS) is 16.9. The van der Waals surface area contributed by atoms with Crippen LogP contribution in [0, 0.1) is 0 Å². The van der Waals surface area contributed by atoms with Gasteiger partial charge >= 0.3 is 5.97 Å². The molecule has 0 amide bonds. The van der Waals surface area contributed by atoms with E-state index in [0.717, 1.165) is 18.4 Å². The van der Waals surface area contributed by atoms with E-state index in [1.54, 1.807) is 0 Å². The molecule has 0 aromatic carbocycles. The maximum absolute atomic E-state index is 11.0. The molecule has 0 fully saturated rings. The molecule has 0 unspecified atom stereocenters. The zero-order valence-electron chi connectivity index (χ0n) is 8.53. The zero-order chi connectivity index (χ0) is 10.7. The summed E-state index contributed by atoms with van der Waals surface area (Å²) in [6, 6.07) is 1.94. The Morgan fingerprint density at radius 2 is 2.20 bits per heavy atom. The van der Waals surface area contributed by atoms with Gasteiger partial charge < -0.3 is 5.11 Å². The predicted molar refractivity (Wildman–Crippen MR) is 62.3 cm³/mol. The second-order valence-electron chi connectivity index (χ2n) is 3.80. The third-order valence-corrected chi connectivity index (χ3v) is 3.65. The fraction of sp³-hybridized carbons (Fsp3) is 0.417. The van der Waals surface area contributed by atoms with E-state index in [4.69, 9.17) is 5.11 Å². The number of carbonyl (C=O) groups is 1. The molecule has 0 saturated carbocycles. The highest BCUT2D eigenvalue weighted by molar-refractivity contribution is 7.12. The van der Waals surface area contributed by atoms with Crippen molar-refractivity contribution in [3.8, 4) is 0 Å². The number of hydrogen-bond acceptors (Lipinski definition) is 2. The molecule has 2 nitrogen and oxygen atoms in total. The van der Waals surface area contributed by atoms with Crippen molar-refractivity contribution in [3.05, 3.63) is 28.0 Å². The van der Waals surface area contributed by atoms with E-state index in [1.165, 1.54) is 36.2 Å². The third-order valence-electron chi connectivity index (χ3n) is 2.75. The van der Waals surface area contributed by atoms with Gasteiger partial charge in [-0.1, -0.05) is 12.5 Å². The Bertz CT molecular complexity index is 390. The summed E-state index contributed by atoms with van der Waals surface area (Å²) < 4.78 is 0. The Kier molecular flexibility index (Phi) is 3.21. The fourth-order valence-corrected chi connectivity index (χ4v) is 2.75. The van der Waals surface area contributed by atoms with Gasteiger partial charge in [0, 0.05) is 5.56 Å². The van der Waals surface area contributed by atoms with Crippen LogP contribution in [0.1, 0.15) is 47.3 Å². The van der Waals surface area contributed by atoms with E-state index in [0.29, 0.717) is 4.88 Å². The van der Waals surface area contributed by atoms with Crippen molar-refractivity contribution < 1.29 is 9.90 Å². The van der Waals surface area contributed by atoms with Crippen molar-refractivity contribution in [3.63, 3.8) is 0 Å². The van der Waals surface area contributed by atoms with E-state index in [-0.39, 0.29) is 0 Å². The summed E-state index contributed by atoms with van der Waals surface area (Å²) in [5, 5.41) is 10.9. The molecule has 15 heavy (non-hydrogen) atoms. The van der Waals surface area contributed by atoms with Crippen molar-refractivity contribution in [1.82, 2.24) is 0 Å². The Balaban J connectivity index is 2.31. The molecule has 1 aromatic heterocycles. The summed E-state index contributed by atoms with van der Waals surface area (Å²) >= 11 is 1.32. The molecule has 0 spiro atoms. The average Bonchev–Trinajstić information content (AvgIpc) is 2.55. The Morgan fingerprint density at radius 3 is 3.00 bits per heavy atom. The van der Waals surface area contributed by atoms with Crippen LogP contribution in [0.2, 0.25) is 0 Å². The molecule has 0 aliphatic heterocycles. The highest BCUT2D eigenvalue weighted by Gasteiger charge is 2.15. The van der Waals surface area contributed by atoms with Crippen LogP contribution >= 0.6 is 11.3 Å². The number of allylic oxidation sites excluding steroid dienone is 2. The van der Waals surface area contributed by atoms with Crippen LogP contribution in [-0.4, -0.2) is 11.1 Å². The van der Waals surface area contributed by atoms with Gasteiger partial charge in [0.2, 0.25) is 0 Å². The number of thiophene rings is 1. The first kappa shape index (κ1) is 10.4. The first-order valence-corrected chi connectivity index (χ1v) is 6.17. The highest BCUT2D eigenvalue weighted by atomic mass is 32.1. The first-order valence-electron chi connectivity index (χ1n) is 5.29. The standard InChI is InChI=1S/C12H14O2S/c13-12(14)11-10(7-8-15-11)9-5-3-1-2-4-6-9/h5,7-8H,1-4,6H2,(H,13,14). The Labute approximate surface area is 93.3 Å². The van der Waals surface area contributed by atoms with Crippen LogP contribution in [-0.2, 0) is 0 Å². The van der Waals surface area contributed by atoms with Crippen molar-refractivity contribution in [2.24, 2.45) is 0 Å². The molecule has 0 radical (unpaired) electrons. The minimum atomic E-state index is -0.801.